The van der Waals surface area contributed by atoms with Crippen LogP contribution in [0, 0.1) is 0 Å². The van der Waals surface area contributed by atoms with Crippen molar-refractivity contribution in [2.45, 2.75) is 13.5 Å². The van der Waals surface area contributed by atoms with Gasteiger partial charge in [-0.3, -0.25) is 0 Å². The molecule has 5 heteroatoms. The molecule has 0 aliphatic rings. The molecule has 90 valence electrons. The number of aromatic nitrogens is 1. The first-order valence-corrected chi connectivity index (χ1v) is 6.02. The third kappa shape index (κ3) is 3.73. The molecule has 1 rings (SSSR count). The van der Waals surface area contributed by atoms with Crippen LogP contribution in [0.3, 0.4) is 0 Å². The topological polar surface area (TPSA) is 45.6 Å². The van der Waals surface area contributed by atoms with E-state index in [0.717, 1.165) is 22.4 Å². The second kappa shape index (κ2) is 6.83. The second-order valence-electron chi connectivity index (χ2n) is 3.41. The summed E-state index contributed by atoms with van der Waals surface area (Å²) >= 11 is 3.33. The molecule has 0 aromatic carbocycles. The highest BCUT2D eigenvalue weighted by molar-refractivity contribution is 9.10. The minimum atomic E-state index is -0.0131. The molecule has 0 amide bonds. The van der Waals surface area contributed by atoms with Crippen molar-refractivity contribution in [2.75, 3.05) is 31.7 Å². The van der Waals surface area contributed by atoms with Gasteiger partial charge in [-0.15, -0.1) is 0 Å². The van der Waals surface area contributed by atoms with Gasteiger partial charge in [-0.2, -0.15) is 0 Å². The number of hydrogen-bond donors (Lipinski definition) is 1. The number of hydrogen-bond acceptors (Lipinski definition) is 4. The third-order valence-corrected chi connectivity index (χ3v) is 2.65. The third-order valence-electron chi connectivity index (χ3n) is 2.22. The van der Waals surface area contributed by atoms with Crippen molar-refractivity contribution < 1.29 is 9.84 Å². The zero-order valence-electron chi connectivity index (χ0n) is 9.61. The first-order valence-electron chi connectivity index (χ1n) is 5.23. The van der Waals surface area contributed by atoms with Crippen LogP contribution in [0.15, 0.2) is 16.7 Å². The molecule has 1 aromatic rings. The summed E-state index contributed by atoms with van der Waals surface area (Å²) in [6.45, 7) is 4.09. The number of pyridine rings is 1. The molecule has 1 N–H and O–H groups in total. The van der Waals surface area contributed by atoms with E-state index in [9.17, 15) is 5.11 Å². The SMILES string of the molecule is CCOCCN(C)c1ncc(Br)cc1CO. The highest BCUT2D eigenvalue weighted by atomic mass is 79.9. The minimum Gasteiger partial charge on any atom is -0.392 e. The van der Waals surface area contributed by atoms with Crippen LogP contribution in [0.5, 0.6) is 0 Å². The number of ether oxygens (including phenoxy) is 1. The number of nitrogens with zero attached hydrogens (tertiary/aromatic N) is 2. The smallest absolute Gasteiger partial charge is 0.133 e. The summed E-state index contributed by atoms with van der Waals surface area (Å²) in [5.74, 6) is 0.797. The summed E-state index contributed by atoms with van der Waals surface area (Å²) < 4.78 is 6.16. The molecule has 16 heavy (non-hydrogen) atoms. The number of aliphatic hydroxyl groups excluding tert-OH is 1. The van der Waals surface area contributed by atoms with Crippen molar-refractivity contribution in [3.8, 4) is 0 Å². The second-order valence-corrected chi connectivity index (χ2v) is 4.33. The average molecular weight is 289 g/mol. The van der Waals surface area contributed by atoms with Gasteiger partial charge in [0.2, 0.25) is 0 Å². The van der Waals surface area contributed by atoms with E-state index in [0.29, 0.717) is 13.2 Å². The maximum Gasteiger partial charge on any atom is 0.133 e. The van der Waals surface area contributed by atoms with Gasteiger partial charge < -0.3 is 14.7 Å². The lowest BCUT2D eigenvalue weighted by molar-refractivity contribution is 0.154. The fourth-order valence-corrected chi connectivity index (χ4v) is 1.76. The van der Waals surface area contributed by atoms with Crippen molar-refractivity contribution in [2.24, 2.45) is 0 Å². The molecule has 0 aliphatic carbocycles. The van der Waals surface area contributed by atoms with Crippen LogP contribution in [-0.2, 0) is 11.3 Å². The van der Waals surface area contributed by atoms with E-state index < -0.39 is 0 Å². The molecule has 1 heterocycles. The molecule has 0 unspecified atom stereocenters. The Bertz CT molecular complexity index is 334. The van der Waals surface area contributed by atoms with E-state index in [-0.39, 0.29) is 6.61 Å². The molecule has 0 aliphatic heterocycles. The fraction of sp³-hybridized carbons (Fsp3) is 0.545. The van der Waals surface area contributed by atoms with Gasteiger partial charge in [0.05, 0.1) is 13.2 Å². The highest BCUT2D eigenvalue weighted by Gasteiger charge is 2.08. The molecular weight excluding hydrogens is 272 g/mol. The zero-order valence-corrected chi connectivity index (χ0v) is 11.2. The number of rotatable bonds is 6. The predicted molar refractivity (Wildman–Crippen MR) is 67.6 cm³/mol. The van der Waals surface area contributed by atoms with Crippen molar-refractivity contribution in [1.82, 2.24) is 4.98 Å². The lowest BCUT2D eigenvalue weighted by atomic mass is 10.2. The molecule has 4 nitrogen and oxygen atoms in total. The Morgan fingerprint density at radius 2 is 2.31 bits per heavy atom. The van der Waals surface area contributed by atoms with E-state index >= 15 is 0 Å². The van der Waals surface area contributed by atoms with E-state index in [2.05, 4.69) is 20.9 Å². The average Bonchev–Trinajstić information content (AvgIpc) is 2.29. The van der Waals surface area contributed by atoms with Gasteiger partial charge in [-0.05, 0) is 28.9 Å². The Labute approximate surface area is 104 Å². The number of likely N-dealkylation sites (N-methyl/N-ethyl adjacent to an activating group) is 1. The first-order chi connectivity index (χ1) is 7.69. The normalized spacial score (nSPS) is 10.5. The largest absolute Gasteiger partial charge is 0.392 e. The van der Waals surface area contributed by atoms with Gasteiger partial charge >= 0.3 is 0 Å². The molecule has 0 fully saturated rings. The Balaban J connectivity index is 2.70. The van der Waals surface area contributed by atoms with Crippen LogP contribution in [0.1, 0.15) is 12.5 Å². The van der Waals surface area contributed by atoms with Gasteiger partial charge in [0.25, 0.3) is 0 Å². The Hall–Kier alpha value is -0.650. The zero-order chi connectivity index (χ0) is 12.0. The maximum absolute atomic E-state index is 9.24. The van der Waals surface area contributed by atoms with Crippen LogP contribution < -0.4 is 4.90 Å². The Morgan fingerprint density at radius 3 is 2.94 bits per heavy atom. The summed E-state index contributed by atoms with van der Waals surface area (Å²) in [7, 11) is 1.94. The van der Waals surface area contributed by atoms with Gasteiger partial charge in [-0.1, -0.05) is 0 Å². The van der Waals surface area contributed by atoms with Crippen molar-refractivity contribution in [3.63, 3.8) is 0 Å². The van der Waals surface area contributed by atoms with E-state index in [1.165, 1.54) is 0 Å². The monoisotopic (exact) mass is 288 g/mol. The molecule has 1 aromatic heterocycles. The first kappa shape index (κ1) is 13.4. The van der Waals surface area contributed by atoms with E-state index in [4.69, 9.17) is 4.74 Å². The number of anilines is 1. The summed E-state index contributed by atoms with van der Waals surface area (Å²) in [6.07, 6.45) is 1.73. The Kier molecular flexibility index (Phi) is 5.73. The molecule has 0 radical (unpaired) electrons. The van der Waals surface area contributed by atoms with Crippen molar-refractivity contribution in [1.29, 1.82) is 0 Å². The van der Waals surface area contributed by atoms with Crippen LogP contribution >= 0.6 is 15.9 Å². The molecule has 0 saturated heterocycles. The number of halogens is 1. The highest BCUT2D eigenvalue weighted by Crippen LogP contribution is 2.20. The van der Waals surface area contributed by atoms with Crippen molar-refractivity contribution >= 4 is 21.7 Å². The number of aliphatic hydroxyl groups is 1. The van der Waals surface area contributed by atoms with Crippen molar-refractivity contribution in [3.05, 3.63) is 22.3 Å². The summed E-state index contributed by atoms with van der Waals surface area (Å²) in [5.41, 5.74) is 0.813. The van der Waals surface area contributed by atoms with Crippen LogP contribution in [0.4, 0.5) is 5.82 Å². The fourth-order valence-electron chi connectivity index (χ4n) is 1.39. The summed E-state index contributed by atoms with van der Waals surface area (Å²) in [6, 6.07) is 1.87. The van der Waals surface area contributed by atoms with Crippen LogP contribution in [0.25, 0.3) is 0 Å². The summed E-state index contributed by atoms with van der Waals surface area (Å²) in [5, 5.41) is 9.24. The minimum absolute atomic E-state index is 0.0131. The molecule has 0 atom stereocenters. The van der Waals surface area contributed by atoms with E-state index in [1.807, 2.05) is 24.9 Å². The predicted octanol–water partition coefficient (Wildman–Crippen LogP) is 1.81. The van der Waals surface area contributed by atoms with Gasteiger partial charge in [0.1, 0.15) is 5.82 Å². The molecule has 0 saturated carbocycles. The Morgan fingerprint density at radius 1 is 1.56 bits per heavy atom. The standard InChI is InChI=1S/C11H17BrN2O2/c1-3-16-5-4-14(2)11-9(8-15)6-10(12)7-13-11/h6-7,15H,3-5,8H2,1-2H3. The quantitative estimate of drug-likeness (QED) is 0.811. The van der Waals surface area contributed by atoms with Gasteiger partial charge in [0.15, 0.2) is 0 Å². The molecular formula is C11H17BrN2O2. The van der Waals surface area contributed by atoms with Crippen LogP contribution in [0.2, 0.25) is 0 Å². The maximum atomic E-state index is 9.24. The lowest BCUT2D eigenvalue weighted by Crippen LogP contribution is -2.24. The molecule has 0 spiro atoms. The summed E-state index contributed by atoms with van der Waals surface area (Å²) in [4.78, 5) is 6.27. The lowest BCUT2D eigenvalue weighted by Gasteiger charge is -2.20. The van der Waals surface area contributed by atoms with Gasteiger partial charge in [0, 0.05) is 36.4 Å². The van der Waals surface area contributed by atoms with Gasteiger partial charge in [-0.25, -0.2) is 4.98 Å². The molecule has 0 bridgehead atoms. The van der Waals surface area contributed by atoms with E-state index in [1.54, 1.807) is 6.20 Å². The van der Waals surface area contributed by atoms with Crippen LogP contribution in [-0.4, -0.2) is 36.9 Å².